The highest BCUT2D eigenvalue weighted by molar-refractivity contribution is 6.29. The largest absolute Gasteiger partial charge is 0.436 e. The molecule has 0 aliphatic carbocycles. The zero-order valence-corrected chi connectivity index (χ0v) is 14.7. The Balaban J connectivity index is 1.52. The predicted octanol–water partition coefficient (Wildman–Crippen LogP) is 2.35. The third kappa shape index (κ3) is 2.66. The molecule has 0 bridgehead atoms. The summed E-state index contributed by atoms with van der Waals surface area (Å²) in [4.78, 5) is 54.1. The van der Waals surface area contributed by atoms with Crippen LogP contribution in [0, 0.1) is 0 Å². The summed E-state index contributed by atoms with van der Waals surface area (Å²) in [7, 11) is 0. The predicted molar refractivity (Wildman–Crippen MR) is 103 cm³/mol. The number of rotatable bonds is 3. The molecule has 0 spiro atoms. The molecule has 2 aliphatic rings. The molecule has 4 amide bonds. The highest BCUT2D eigenvalue weighted by atomic mass is 16.3. The van der Waals surface area contributed by atoms with Gasteiger partial charge in [-0.1, -0.05) is 6.07 Å². The molecule has 29 heavy (non-hydrogen) atoms. The number of imide groups is 2. The van der Waals surface area contributed by atoms with E-state index >= 15 is 0 Å². The molecule has 0 atom stereocenters. The van der Waals surface area contributed by atoms with Gasteiger partial charge in [0.15, 0.2) is 5.58 Å². The van der Waals surface area contributed by atoms with Crippen LogP contribution in [0.1, 0.15) is 0 Å². The number of anilines is 2. The van der Waals surface area contributed by atoms with Crippen molar-refractivity contribution in [1.82, 2.24) is 4.98 Å². The van der Waals surface area contributed by atoms with Crippen LogP contribution < -0.4 is 9.80 Å². The molecule has 8 heteroatoms. The molecule has 3 heterocycles. The molecule has 0 N–H and O–H groups in total. The molecule has 2 aromatic carbocycles. The third-order valence-electron chi connectivity index (χ3n) is 4.60. The molecule has 0 saturated heterocycles. The van der Waals surface area contributed by atoms with Gasteiger partial charge in [0.1, 0.15) is 5.52 Å². The number of hydrogen-bond acceptors (Lipinski definition) is 6. The minimum Gasteiger partial charge on any atom is -0.436 e. The van der Waals surface area contributed by atoms with Crippen LogP contribution in [0.5, 0.6) is 0 Å². The molecule has 0 radical (unpaired) electrons. The maximum atomic E-state index is 11.9. The summed E-state index contributed by atoms with van der Waals surface area (Å²) >= 11 is 0. The van der Waals surface area contributed by atoms with Crippen molar-refractivity contribution in [3.05, 3.63) is 66.8 Å². The first kappa shape index (κ1) is 16.8. The van der Waals surface area contributed by atoms with E-state index < -0.39 is 23.6 Å². The lowest BCUT2D eigenvalue weighted by atomic mass is 10.2. The van der Waals surface area contributed by atoms with Crippen LogP contribution in [0.3, 0.4) is 0 Å². The quantitative estimate of drug-likeness (QED) is 0.642. The van der Waals surface area contributed by atoms with Crippen LogP contribution >= 0.6 is 0 Å². The molecule has 0 unspecified atom stereocenters. The molecule has 2 aliphatic heterocycles. The number of nitrogens with zero attached hydrogens (tertiary/aromatic N) is 3. The Kier molecular flexibility index (Phi) is 3.53. The van der Waals surface area contributed by atoms with E-state index in [1.807, 2.05) is 0 Å². The molecule has 8 nitrogen and oxygen atoms in total. The Morgan fingerprint density at radius 3 is 1.90 bits per heavy atom. The smallest absolute Gasteiger partial charge is 0.258 e. The fraction of sp³-hybridized carbons (Fsp3) is 0. The van der Waals surface area contributed by atoms with Gasteiger partial charge in [0.25, 0.3) is 23.6 Å². The normalized spacial score (nSPS) is 16.1. The second-order valence-electron chi connectivity index (χ2n) is 6.41. The molecule has 0 fully saturated rings. The Morgan fingerprint density at radius 2 is 1.28 bits per heavy atom. The Labute approximate surface area is 163 Å². The molecular formula is C21H11N3O5. The topological polar surface area (TPSA) is 101 Å². The van der Waals surface area contributed by atoms with E-state index in [1.54, 1.807) is 42.5 Å². The van der Waals surface area contributed by atoms with Crippen molar-refractivity contribution < 1.29 is 23.6 Å². The Hall–Kier alpha value is -4.33. The Morgan fingerprint density at radius 1 is 0.690 bits per heavy atom. The summed E-state index contributed by atoms with van der Waals surface area (Å²) < 4.78 is 5.78. The molecule has 3 aromatic rings. The van der Waals surface area contributed by atoms with Crippen molar-refractivity contribution in [2.24, 2.45) is 0 Å². The third-order valence-corrected chi connectivity index (χ3v) is 4.60. The summed E-state index contributed by atoms with van der Waals surface area (Å²) in [5.74, 6) is -1.38. The molecular weight excluding hydrogens is 374 g/mol. The lowest BCUT2D eigenvalue weighted by molar-refractivity contribution is -0.121. The second-order valence-corrected chi connectivity index (χ2v) is 6.41. The number of benzene rings is 2. The van der Waals surface area contributed by atoms with E-state index in [0.717, 1.165) is 9.80 Å². The van der Waals surface area contributed by atoms with E-state index in [2.05, 4.69) is 4.98 Å². The van der Waals surface area contributed by atoms with E-state index in [4.69, 9.17) is 4.42 Å². The van der Waals surface area contributed by atoms with Crippen molar-refractivity contribution in [3.8, 4) is 11.5 Å². The number of fused-ring (bicyclic) bond motifs is 1. The maximum absolute atomic E-state index is 11.9. The number of amides is 4. The lowest BCUT2D eigenvalue weighted by Gasteiger charge is -2.14. The average Bonchev–Trinajstić information content (AvgIpc) is 3.38. The van der Waals surface area contributed by atoms with Crippen molar-refractivity contribution >= 4 is 46.1 Å². The highest BCUT2D eigenvalue weighted by Crippen LogP contribution is 2.31. The number of oxazole rings is 1. The number of aromatic nitrogens is 1. The average molecular weight is 385 g/mol. The van der Waals surface area contributed by atoms with E-state index in [9.17, 15) is 19.2 Å². The lowest BCUT2D eigenvalue weighted by Crippen LogP contribution is -2.29. The van der Waals surface area contributed by atoms with Crippen LogP contribution in [0.2, 0.25) is 0 Å². The van der Waals surface area contributed by atoms with Crippen LogP contribution in [0.4, 0.5) is 11.4 Å². The van der Waals surface area contributed by atoms with E-state index in [-0.39, 0.29) is 5.89 Å². The first-order chi connectivity index (χ1) is 14.0. The Bertz CT molecular complexity index is 1260. The van der Waals surface area contributed by atoms with Crippen molar-refractivity contribution in [2.45, 2.75) is 0 Å². The van der Waals surface area contributed by atoms with Crippen LogP contribution in [-0.4, -0.2) is 28.6 Å². The van der Waals surface area contributed by atoms with Gasteiger partial charge in [0.05, 0.1) is 11.4 Å². The van der Waals surface area contributed by atoms with Crippen molar-refractivity contribution in [2.75, 3.05) is 9.80 Å². The number of carbonyl (C=O) groups excluding carboxylic acids is 4. The summed E-state index contributed by atoms with van der Waals surface area (Å²) in [6, 6.07) is 11.5. The van der Waals surface area contributed by atoms with E-state index in [1.165, 1.54) is 24.3 Å². The molecule has 1 aromatic heterocycles. The van der Waals surface area contributed by atoms with E-state index in [0.29, 0.717) is 28.0 Å². The van der Waals surface area contributed by atoms with Gasteiger partial charge in [-0.3, -0.25) is 19.2 Å². The van der Waals surface area contributed by atoms with Crippen LogP contribution in [0.25, 0.3) is 22.6 Å². The molecule has 0 saturated carbocycles. The van der Waals surface area contributed by atoms with Crippen molar-refractivity contribution in [3.63, 3.8) is 0 Å². The summed E-state index contributed by atoms with van der Waals surface area (Å²) in [5, 5.41) is 0. The van der Waals surface area contributed by atoms with Gasteiger partial charge in [0, 0.05) is 29.9 Å². The van der Waals surface area contributed by atoms with Gasteiger partial charge in [-0.25, -0.2) is 14.8 Å². The van der Waals surface area contributed by atoms with Crippen LogP contribution in [0.15, 0.2) is 71.2 Å². The first-order valence-electron chi connectivity index (χ1n) is 8.64. The summed E-state index contributed by atoms with van der Waals surface area (Å²) in [5.41, 5.74) is 2.31. The monoisotopic (exact) mass is 385 g/mol. The van der Waals surface area contributed by atoms with Gasteiger partial charge in [-0.2, -0.15) is 0 Å². The fourth-order valence-electron chi connectivity index (χ4n) is 3.27. The minimum atomic E-state index is -0.417. The van der Waals surface area contributed by atoms with Gasteiger partial charge >= 0.3 is 0 Å². The molecule has 5 rings (SSSR count). The number of carbonyl (C=O) groups is 4. The van der Waals surface area contributed by atoms with Gasteiger partial charge in [-0.15, -0.1) is 0 Å². The van der Waals surface area contributed by atoms with Gasteiger partial charge in [0.2, 0.25) is 5.89 Å². The minimum absolute atomic E-state index is 0.281. The van der Waals surface area contributed by atoms with Crippen LogP contribution in [-0.2, 0) is 19.2 Å². The first-order valence-corrected chi connectivity index (χ1v) is 8.64. The van der Waals surface area contributed by atoms with Gasteiger partial charge in [-0.05, 0) is 36.4 Å². The highest BCUT2D eigenvalue weighted by Gasteiger charge is 2.27. The summed E-state index contributed by atoms with van der Waals surface area (Å²) in [6.45, 7) is 0. The maximum Gasteiger partial charge on any atom is 0.258 e. The fourth-order valence-corrected chi connectivity index (χ4v) is 3.27. The summed E-state index contributed by atoms with van der Waals surface area (Å²) in [6.07, 6.45) is 4.85. The zero-order chi connectivity index (χ0) is 20.1. The number of hydrogen-bond donors (Lipinski definition) is 0. The van der Waals surface area contributed by atoms with Gasteiger partial charge < -0.3 is 4.42 Å². The molecule has 140 valence electrons. The standard InChI is InChI=1S/C21H11N3O5/c25-17-6-7-18(26)23(17)13-3-1-2-12(10-13)21-22-15-11-14(4-5-16(15)29-21)24-19(27)8-9-20(24)28/h1-11H. The zero-order valence-electron chi connectivity index (χ0n) is 14.7. The van der Waals surface area contributed by atoms with Crippen molar-refractivity contribution in [1.29, 1.82) is 0 Å². The SMILES string of the molecule is O=C1C=CC(=O)N1c1cccc(-c2nc3cc(N4C(=O)C=CC4=O)ccc3o2)c1. The second kappa shape index (κ2) is 6.10.